The number of hydrogen-bond acceptors (Lipinski definition) is 3. The minimum Gasteiger partial charge on any atom is -0.383 e. The van der Waals surface area contributed by atoms with Gasteiger partial charge in [0.1, 0.15) is 0 Å². The summed E-state index contributed by atoms with van der Waals surface area (Å²) in [6.45, 7) is 2.81. The van der Waals surface area contributed by atoms with Crippen LogP contribution in [0, 0.1) is 0 Å². The monoisotopic (exact) mass is 293 g/mol. The van der Waals surface area contributed by atoms with Crippen LogP contribution in [-0.4, -0.2) is 38.8 Å². The highest BCUT2D eigenvalue weighted by atomic mass is 32.2. The van der Waals surface area contributed by atoms with Crippen molar-refractivity contribution in [2.75, 3.05) is 38.8 Å². The van der Waals surface area contributed by atoms with E-state index in [1.807, 2.05) is 11.8 Å². The van der Waals surface area contributed by atoms with Gasteiger partial charge in [0.25, 0.3) is 0 Å². The summed E-state index contributed by atoms with van der Waals surface area (Å²) >= 11 is 1.96. The molecule has 1 aliphatic rings. The fraction of sp³-hybridized carbons (Fsp3) is 0.647. The third kappa shape index (κ3) is 3.78. The SMILES string of the molecule is COCCNCC1(CCSC)CCCc2ccccc21. The standard InChI is InChI=1S/C17H27NOS/c1-19-12-11-18-14-17(10-13-20-2)9-5-7-15-6-3-4-8-16(15)17/h3-4,6,8,18H,5,7,9-14H2,1-2H3. The number of rotatable bonds is 8. The van der Waals surface area contributed by atoms with Gasteiger partial charge in [-0.1, -0.05) is 24.3 Å². The molecule has 0 bridgehead atoms. The Kier molecular flexibility index (Phi) is 6.40. The molecule has 1 N–H and O–H groups in total. The highest BCUT2D eigenvalue weighted by Gasteiger charge is 2.35. The Morgan fingerprint density at radius 3 is 3.00 bits per heavy atom. The highest BCUT2D eigenvalue weighted by Crippen LogP contribution is 2.40. The van der Waals surface area contributed by atoms with Gasteiger partial charge in [-0.05, 0) is 48.8 Å². The van der Waals surface area contributed by atoms with E-state index in [2.05, 4.69) is 35.8 Å². The molecule has 0 saturated carbocycles. The van der Waals surface area contributed by atoms with Crippen molar-refractivity contribution in [1.82, 2.24) is 5.32 Å². The van der Waals surface area contributed by atoms with Crippen LogP contribution in [0.25, 0.3) is 0 Å². The minimum absolute atomic E-state index is 0.325. The van der Waals surface area contributed by atoms with Crippen LogP contribution in [0.4, 0.5) is 0 Å². The van der Waals surface area contributed by atoms with Crippen LogP contribution in [0.5, 0.6) is 0 Å². The third-order valence-corrected chi connectivity index (χ3v) is 5.03. The molecule has 1 aromatic carbocycles. The molecule has 0 fully saturated rings. The topological polar surface area (TPSA) is 21.3 Å². The molecule has 3 heteroatoms. The van der Waals surface area contributed by atoms with E-state index in [0.29, 0.717) is 5.41 Å². The Bertz CT molecular complexity index is 410. The van der Waals surface area contributed by atoms with E-state index in [1.54, 1.807) is 18.2 Å². The molecular formula is C17H27NOS. The zero-order valence-electron chi connectivity index (χ0n) is 12.8. The summed E-state index contributed by atoms with van der Waals surface area (Å²) in [6, 6.07) is 9.05. The van der Waals surface area contributed by atoms with Crippen molar-refractivity contribution >= 4 is 11.8 Å². The Balaban J connectivity index is 2.14. The maximum Gasteiger partial charge on any atom is 0.0587 e. The van der Waals surface area contributed by atoms with Crippen molar-refractivity contribution in [3.05, 3.63) is 35.4 Å². The molecule has 0 heterocycles. The van der Waals surface area contributed by atoms with Gasteiger partial charge in [-0.25, -0.2) is 0 Å². The smallest absolute Gasteiger partial charge is 0.0587 e. The zero-order chi connectivity index (χ0) is 14.3. The first-order valence-corrected chi connectivity index (χ1v) is 8.99. The van der Waals surface area contributed by atoms with Crippen molar-refractivity contribution in [2.45, 2.75) is 31.1 Å². The Morgan fingerprint density at radius 2 is 2.20 bits per heavy atom. The average molecular weight is 293 g/mol. The summed E-state index contributed by atoms with van der Waals surface area (Å²) in [5, 5.41) is 3.61. The first-order chi connectivity index (χ1) is 9.82. The number of nitrogens with one attached hydrogen (secondary N) is 1. The van der Waals surface area contributed by atoms with Crippen molar-refractivity contribution < 1.29 is 4.74 Å². The number of methoxy groups -OCH3 is 1. The number of hydrogen-bond donors (Lipinski definition) is 1. The third-order valence-electron chi connectivity index (χ3n) is 4.42. The number of benzene rings is 1. The van der Waals surface area contributed by atoms with Gasteiger partial charge >= 0.3 is 0 Å². The van der Waals surface area contributed by atoms with Crippen LogP contribution in [0.3, 0.4) is 0 Å². The van der Waals surface area contributed by atoms with Gasteiger partial charge in [0, 0.05) is 25.6 Å². The summed E-state index contributed by atoms with van der Waals surface area (Å²) in [6.07, 6.45) is 7.35. The first kappa shape index (κ1) is 15.9. The van der Waals surface area contributed by atoms with Gasteiger partial charge in [-0.2, -0.15) is 11.8 Å². The molecule has 0 radical (unpaired) electrons. The lowest BCUT2D eigenvalue weighted by Gasteiger charge is -2.40. The van der Waals surface area contributed by atoms with E-state index in [9.17, 15) is 0 Å². The van der Waals surface area contributed by atoms with E-state index in [4.69, 9.17) is 4.74 Å². The second-order valence-electron chi connectivity index (χ2n) is 5.70. The normalized spacial score (nSPS) is 21.7. The van der Waals surface area contributed by atoms with Crippen molar-refractivity contribution in [2.24, 2.45) is 0 Å². The van der Waals surface area contributed by atoms with Crippen molar-refractivity contribution in [3.8, 4) is 0 Å². The zero-order valence-corrected chi connectivity index (χ0v) is 13.6. The van der Waals surface area contributed by atoms with Crippen LogP contribution in [-0.2, 0) is 16.6 Å². The molecule has 0 saturated heterocycles. The van der Waals surface area contributed by atoms with Crippen LogP contribution < -0.4 is 5.32 Å². The second-order valence-corrected chi connectivity index (χ2v) is 6.69. The lowest BCUT2D eigenvalue weighted by atomic mass is 9.68. The summed E-state index contributed by atoms with van der Waals surface area (Å²) < 4.78 is 5.15. The van der Waals surface area contributed by atoms with Gasteiger partial charge in [-0.3, -0.25) is 0 Å². The molecule has 0 aliphatic heterocycles. The number of ether oxygens (including phenoxy) is 1. The predicted molar refractivity (Wildman–Crippen MR) is 88.8 cm³/mol. The van der Waals surface area contributed by atoms with Gasteiger partial charge in [0.05, 0.1) is 6.61 Å². The second kappa shape index (κ2) is 8.06. The van der Waals surface area contributed by atoms with Crippen molar-refractivity contribution in [1.29, 1.82) is 0 Å². The molecule has 1 atom stereocenters. The van der Waals surface area contributed by atoms with Crippen LogP contribution in [0.15, 0.2) is 24.3 Å². The Hall–Kier alpha value is -0.510. The lowest BCUT2D eigenvalue weighted by molar-refractivity contribution is 0.194. The van der Waals surface area contributed by atoms with Crippen LogP contribution in [0.1, 0.15) is 30.4 Å². The lowest BCUT2D eigenvalue weighted by Crippen LogP contribution is -2.42. The average Bonchev–Trinajstić information content (AvgIpc) is 2.50. The van der Waals surface area contributed by atoms with Crippen molar-refractivity contribution in [3.63, 3.8) is 0 Å². The molecule has 1 aromatic rings. The molecule has 112 valence electrons. The summed E-state index contributed by atoms with van der Waals surface area (Å²) in [5.74, 6) is 1.24. The first-order valence-electron chi connectivity index (χ1n) is 7.59. The van der Waals surface area contributed by atoms with E-state index in [0.717, 1.165) is 19.7 Å². The maximum atomic E-state index is 5.15. The van der Waals surface area contributed by atoms with E-state index < -0.39 is 0 Å². The summed E-state index contributed by atoms with van der Waals surface area (Å²) in [5.41, 5.74) is 3.48. The number of thioether (sulfide) groups is 1. The van der Waals surface area contributed by atoms with Gasteiger partial charge in [0.15, 0.2) is 0 Å². The van der Waals surface area contributed by atoms with Crippen LogP contribution in [0.2, 0.25) is 0 Å². The van der Waals surface area contributed by atoms with Gasteiger partial charge in [-0.15, -0.1) is 0 Å². The predicted octanol–water partition coefficient (Wildman–Crippen LogP) is 3.25. The maximum absolute atomic E-state index is 5.15. The molecule has 2 nitrogen and oxygen atoms in total. The quantitative estimate of drug-likeness (QED) is 0.744. The van der Waals surface area contributed by atoms with E-state index >= 15 is 0 Å². The summed E-state index contributed by atoms with van der Waals surface area (Å²) in [7, 11) is 1.76. The molecule has 0 aromatic heterocycles. The van der Waals surface area contributed by atoms with Gasteiger partial charge < -0.3 is 10.1 Å². The minimum atomic E-state index is 0.325. The van der Waals surface area contributed by atoms with Gasteiger partial charge in [0.2, 0.25) is 0 Å². The van der Waals surface area contributed by atoms with Crippen LogP contribution >= 0.6 is 11.8 Å². The molecule has 20 heavy (non-hydrogen) atoms. The molecule has 2 rings (SSSR count). The Morgan fingerprint density at radius 1 is 1.35 bits per heavy atom. The molecule has 0 amide bonds. The summed E-state index contributed by atoms with van der Waals surface area (Å²) in [4.78, 5) is 0. The molecule has 1 aliphatic carbocycles. The molecular weight excluding hydrogens is 266 g/mol. The fourth-order valence-corrected chi connectivity index (χ4v) is 3.93. The molecule has 0 spiro atoms. The molecule has 1 unspecified atom stereocenters. The number of fused-ring (bicyclic) bond motifs is 1. The largest absolute Gasteiger partial charge is 0.383 e. The van der Waals surface area contributed by atoms with E-state index in [-0.39, 0.29) is 0 Å². The Labute approximate surface area is 127 Å². The highest BCUT2D eigenvalue weighted by molar-refractivity contribution is 7.98. The van der Waals surface area contributed by atoms with E-state index in [1.165, 1.54) is 31.4 Å². The fourth-order valence-electron chi connectivity index (χ4n) is 3.34. The number of aryl methyl sites for hydroxylation is 1.